The highest BCUT2D eigenvalue weighted by Gasteiger charge is 2.25. The van der Waals surface area contributed by atoms with E-state index in [9.17, 15) is 4.39 Å². The van der Waals surface area contributed by atoms with Gasteiger partial charge in [0.05, 0.1) is 6.54 Å². The van der Waals surface area contributed by atoms with Gasteiger partial charge in [-0.15, -0.1) is 0 Å². The zero-order chi connectivity index (χ0) is 12.7. The second-order valence-electron chi connectivity index (χ2n) is 4.21. The lowest BCUT2D eigenvalue weighted by Crippen LogP contribution is -2.22. The van der Waals surface area contributed by atoms with Crippen LogP contribution >= 0.6 is 11.6 Å². The van der Waals surface area contributed by atoms with Crippen LogP contribution in [0.2, 0.25) is 5.02 Å². The smallest absolute Gasteiger partial charge is 0.133 e. The third-order valence-corrected chi connectivity index (χ3v) is 3.32. The minimum Gasteiger partial charge on any atom is -0.322 e. The molecule has 1 heterocycles. The van der Waals surface area contributed by atoms with Gasteiger partial charge in [0.2, 0.25) is 0 Å². The Morgan fingerprint density at radius 2 is 1.83 bits per heavy atom. The molecule has 18 heavy (non-hydrogen) atoms. The maximum absolute atomic E-state index is 13.2. The summed E-state index contributed by atoms with van der Waals surface area (Å²) in [5, 5.41) is 8.76. The molecule has 0 saturated carbocycles. The molecular weight excluding hydrogens is 251 g/mol. The molecule has 0 amide bonds. The summed E-state index contributed by atoms with van der Waals surface area (Å²) in [5.74, 6) is 0.0169. The van der Waals surface area contributed by atoms with E-state index in [0.717, 1.165) is 11.3 Å². The summed E-state index contributed by atoms with van der Waals surface area (Å²) in [6.45, 7) is 0.593. The fraction of sp³-hybridized carbons (Fsp3) is 0.0714. The molecule has 3 rings (SSSR count). The predicted molar refractivity (Wildman–Crippen MR) is 70.9 cm³/mol. The van der Waals surface area contributed by atoms with Gasteiger partial charge in [0.25, 0.3) is 0 Å². The van der Waals surface area contributed by atoms with E-state index < -0.39 is 0 Å². The fourth-order valence-corrected chi connectivity index (χ4v) is 2.27. The van der Waals surface area contributed by atoms with E-state index >= 15 is 0 Å². The third-order valence-electron chi connectivity index (χ3n) is 3.06. The van der Waals surface area contributed by atoms with Gasteiger partial charge in [0.1, 0.15) is 11.7 Å². The highest BCUT2D eigenvalue weighted by atomic mass is 35.5. The molecule has 2 aromatic rings. The molecule has 4 heteroatoms. The molecule has 0 unspecified atom stereocenters. The normalized spacial score (nSPS) is 13.9. The van der Waals surface area contributed by atoms with Gasteiger partial charge in [-0.1, -0.05) is 17.7 Å². The van der Waals surface area contributed by atoms with Crippen LogP contribution in [0.1, 0.15) is 11.1 Å². The minimum atomic E-state index is -0.309. The number of amidine groups is 1. The first-order valence-electron chi connectivity index (χ1n) is 5.55. The zero-order valence-corrected chi connectivity index (χ0v) is 10.2. The Morgan fingerprint density at radius 3 is 2.56 bits per heavy atom. The van der Waals surface area contributed by atoms with Crippen LogP contribution in [0, 0.1) is 11.2 Å². The molecule has 1 aliphatic rings. The van der Waals surface area contributed by atoms with Crippen molar-refractivity contribution < 1.29 is 4.39 Å². The molecule has 0 radical (unpaired) electrons. The van der Waals surface area contributed by atoms with Crippen LogP contribution in [0.4, 0.5) is 10.1 Å². The van der Waals surface area contributed by atoms with Gasteiger partial charge in [-0.2, -0.15) is 0 Å². The molecule has 1 N–H and O–H groups in total. The number of fused-ring (bicyclic) bond motifs is 1. The summed E-state index contributed by atoms with van der Waals surface area (Å²) >= 11 is 5.84. The highest BCUT2D eigenvalue weighted by molar-refractivity contribution is 6.30. The van der Waals surface area contributed by atoms with Crippen LogP contribution in [0.3, 0.4) is 0 Å². The van der Waals surface area contributed by atoms with Gasteiger partial charge in [-0.05, 0) is 42.0 Å². The van der Waals surface area contributed by atoms with Crippen molar-refractivity contribution in [2.45, 2.75) is 6.54 Å². The summed E-state index contributed by atoms with van der Waals surface area (Å²) in [7, 11) is 0. The first-order chi connectivity index (χ1) is 8.65. The average molecular weight is 261 g/mol. The fourth-order valence-electron chi connectivity index (χ4n) is 2.14. The number of halogens is 2. The number of nitrogens with one attached hydrogen (secondary N) is 1. The lowest BCUT2D eigenvalue weighted by molar-refractivity contribution is 0.627. The second kappa shape index (κ2) is 4.10. The van der Waals surface area contributed by atoms with Gasteiger partial charge in [0, 0.05) is 16.3 Å². The van der Waals surface area contributed by atoms with Crippen molar-refractivity contribution in [2.75, 3.05) is 4.90 Å². The van der Waals surface area contributed by atoms with Crippen LogP contribution in [0.5, 0.6) is 0 Å². The summed E-state index contributed by atoms with van der Waals surface area (Å²) < 4.78 is 13.2. The van der Waals surface area contributed by atoms with E-state index in [1.807, 2.05) is 17.0 Å². The standard InChI is InChI=1S/C14H10ClFN2/c15-10-2-5-12(6-3-10)18-8-9-1-4-11(16)7-13(9)14(18)17/h1-7,17H,8H2. The molecular formula is C14H10ClFN2. The number of hydrogen-bond acceptors (Lipinski definition) is 1. The molecule has 0 fully saturated rings. The Bertz CT molecular complexity index is 622. The Balaban J connectivity index is 1.99. The van der Waals surface area contributed by atoms with Crippen molar-refractivity contribution in [3.8, 4) is 0 Å². The number of benzene rings is 2. The molecule has 0 saturated heterocycles. The van der Waals surface area contributed by atoms with Crippen LogP contribution in [-0.4, -0.2) is 5.84 Å². The van der Waals surface area contributed by atoms with Crippen molar-refractivity contribution in [1.29, 1.82) is 5.41 Å². The van der Waals surface area contributed by atoms with Gasteiger partial charge in [0.15, 0.2) is 0 Å². The molecule has 0 bridgehead atoms. The Morgan fingerprint density at radius 1 is 1.11 bits per heavy atom. The number of rotatable bonds is 1. The van der Waals surface area contributed by atoms with Gasteiger partial charge >= 0.3 is 0 Å². The minimum absolute atomic E-state index is 0.309. The van der Waals surface area contributed by atoms with Crippen molar-refractivity contribution in [2.24, 2.45) is 0 Å². The van der Waals surface area contributed by atoms with Crippen molar-refractivity contribution >= 4 is 23.1 Å². The number of nitrogens with zero attached hydrogens (tertiary/aromatic N) is 1. The van der Waals surface area contributed by atoms with Crippen LogP contribution in [0.25, 0.3) is 0 Å². The lowest BCUT2D eigenvalue weighted by Gasteiger charge is -2.17. The quantitative estimate of drug-likeness (QED) is 0.829. The SMILES string of the molecule is N=C1c2cc(F)ccc2CN1c1ccc(Cl)cc1. The molecule has 2 aromatic carbocycles. The second-order valence-corrected chi connectivity index (χ2v) is 4.65. The van der Waals surface area contributed by atoms with Crippen LogP contribution in [-0.2, 0) is 6.54 Å². The molecule has 1 aliphatic heterocycles. The summed E-state index contributed by atoms with van der Waals surface area (Å²) in [6.07, 6.45) is 0. The Kier molecular flexibility index (Phi) is 2.56. The van der Waals surface area contributed by atoms with E-state index in [0.29, 0.717) is 23.0 Å². The number of anilines is 1. The third kappa shape index (κ3) is 1.77. The molecule has 0 aliphatic carbocycles. The van der Waals surface area contributed by atoms with Crippen molar-refractivity contribution in [3.63, 3.8) is 0 Å². The molecule has 0 spiro atoms. The van der Waals surface area contributed by atoms with E-state index in [1.165, 1.54) is 12.1 Å². The van der Waals surface area contributed by atoms with Gasteiger partial charge < -0.3 is 4.90 Å². The Hall–Kier alpha value is -1.87. The van der Waals surface area contributed by atoms with Gasteiger partial charge in [-0.25, -0.2) is 4.39 Å². The first kappa shape index (κ1) is 11.2. The van der Waals surface area contributed by atoms with E-state index in [-0.39, 0.29) is 5.82 Å². The highest BCUT2D eigenvalue weighted by Crippen LogP contribution is 2.29. The van der Waals surface area contributed by atoms with E-state index in [4.69, 9.17) is 17.0 Å². The summed E-state index contributed by atoms with van der Waals surface area (Å²) in [4.78, 5) is 1.83. The van der Waals surface area contributed by atoms with E-state index in [1.54, 1.807) is 18.2 Å². The zero-order valence-electron chi connectivity index (χ0n) is 9.45. The largest absolute Gasteiger partial charge is 0.322 e. The number of hydrogen-bond donors (Lipinski definition) is 1. The van der Waals surface area contributed by atoms with E-state index in [2.05, 4.69) is 0 Å². The lowest BCUT2D eigenvalue weighted by atomic mass is 10.1. The summed E-state index contributed by atoms with van der Waals surface area (Å²) in [5.41, 5.74) is 2.52. The van der Waals surface area contributed by atoms with Gasteiger partial charge in [-0.3, -0.25) is 5.41 Å². The van der Waals surface area contributed by atoms with Crippen molar-refractivity contribution in [1.82, 2.24) is 0 Å². The predicted octanol–water partition coefficient (Wildman–Crippen LogP) is 3.82. The molecule has 0 atom stereocenters. The monoisotopic (exact) mass is 260 g/mol. The van der Waals surface area contributed by atoms with Crippen molar-refractivity contribution in [3.05, 3.63) is 64.4 Å². The maximum atomic E-state index is 13.2. The molecule has 0 aromatic heterocycles. The average Bonchev–Trinajstić information content (AvgIpc) is 2.68. The maximum Gasteiger partial charge on any atom is 0.133 e. The molecule has 90 valence electrons. The Labute approximate surface area is 109 Å². The molecule has 2 nitrogen and oxygen atoms in total. The first-order valence-corrected chi connectivity index (χ1v) is 5.93. The summed E-state index contributed by atoms with van der Waals surface area (Å²) in [6, 6.07) is 11.9. The van der Waals surface area contributed by atoms with Crippen LogP contribution in [0.15, 0.2) is 42.5 Å². The van der Waals surface area contributed by atoms with Crippen LogP contribution < -0.4 is 4.90 Å². The topological polar surface area (TPSA) is 27.1 Å².